The van der Waals surface area contributed by atoms with Crippen LogP contribution in [0.5, 0.6) is 0 Å². The summed E-state index contributed by atoms with van der Waals surface area (Å²) in [5.74, 6) is 1.52. The summed E-state index contributed by atoms with van der Waals surface area (Å²) >= 11 is 0. The van der Waals surface area contributed by atoms with Gasteiger partial charge < -0.3 is 9.40 Å². The molecule has 5 rings (SSSR count). The number of rotatable bonds is 9. The Hall–Kier alpha value is -4.04. The maximum Gasteiger partial charge on any atom is 0.252 e. The van der Waals surface area contributed by atoms with Crippen LogP contribution in [0.2, 0.25) is 0 Å². The van der Waals surface area contributed by atoms with E-state index in [1.165, 1.54) is 0 Å². The predicted molar refractivity (Wildman–Crippen MR) is 134 cm³/mol. The lowest BCUT2D eigenvalue weighted by Gasteiger charge is -2.30. The fraction of sp³-hybridized carbons (Fsp3) is 0.259. The average molecular weight is 469 g/mol. The molecule has 1 atom stereocenters. The Morgan fingerprint density at radius 1 is 1.06 bits per heavy atom. The van der Waals surface area contributed by atoms with Gasteiger partial charge in [-0.2, -0.15) is 0 Å². The molecule has 1 N–H and O–H groups in total. The van der Waals surface area contributed by atoms with Gasteiger partial charge in [0, 0.05) is 24.2 Å². The topological polar surface area (TPSA) is 92.8 Å². The van der Waals surface area contributed by atoms with Crippen molar-refractivity contribution in [1.29, 1.82) is 0 Å². The van der Waals surface area contributed by atoms with Gasteiger partial charge in [0.15, 0.2) is 5.82 Å². The van der Waals surface area contributed by atoms with Crippen LogP contribution in [0.25, 0.3) is 10.9 Å². The monoisotopic (exact) mass is 468 g/mol. The van der Waals surface area contributed by atoms with E-state index in [0.29, 0.717) is 25.2 Å². The Morgan fingerprint density at radius 3 is 2.69 bits per heavy atom. The SMILES string of the molecule is CC[C@H](c1nnnn1Cc1ccco1)N(Cc1ccccc1)Cc1cc2ccc(C)cc2[nH]c1=O. The molecule has 0 saturated heterocycles. The van der Waals surface area contributed by atoms with Crippen LogP contribution >= 0.6 is 0 Å². The van der Waals surface area contributed by atoms with E-state index < -0.39 is 0 Å². The first-order chi connectivity index (χ1) is 17.1. The van der Waals surface area contributed by atoms with Gasteiger partial charge in [0.25, 0.3) is 5.56 Å². The van der Waals surface area contributed by atoms with E-state index in [0.717, 1.165) is 40.0 Å². The number of aryl methyl sites for hydroxylation is 1. The van der Waals surface area contributed by atoms with Crippen molar-refractivity contribution < 1.29 is 4.42 Å². The van der Waals surface area contributed by atoms with Gasteiger partial charge in [-0.25, -0.2) is 4.68 Å². The first-order valence-electron chi connectivity index (χ1n) is 11.8. The molecule has 3 aromatic heterocycles. The van der Waals surface area contributed by atoms with Gasteiger partial charge in [-0.05, 0) is 64.5 Å². The highest BCUT2D eigenvalue weighted by molar-refractivity contribution is 5.79. The van der Waals surface area contributed by atoms with Gasteiger partial charge in [0.2, 0.25) is 0 Å². The zero-order valence-corrected chi connectivity index (χ0v) is 19.9. The summed E-state index contributed by atoms with van der Waals surface area (Å²) < 4.78 is 7.29. The van der Waals surface area contributed by atoms with Gasteiger partial charge in [0.1, 0.15) is 12.3 Å². The summed E-state index contributed by atoms with van der Waals surface area (Å²) in [7, 11) is 0. The number of benzene rings is 2. The first-order valence-corrected chi connectivity index (χ1v) is 11.8. The highest BCUT2D eigenvalue weighted by Crippen LogP contribution is 2.27. The molecule has 5 aromatic rings. The molecular formula is C27H28N6O2. The number of hydrogen-bond acceptors (Lipinski definition) is 6. The Balaban J connectivity index is 1.51. The van der Waals surface area contributed by atoms with Crippen molar-refractivity contribution in [2.24, 2.45) is 0 Å². The number of fused-ring (bicyclic) bond motifs is 1. The van der Waals surface area contributed by atoms with E-state index in [1.54, 1.807) is 10.9 Å². The molecule has 0 radical (unpaired) electrons. The van der Waals surface area contributed by atoms with Crippen LogP contribution in [0.15, 0.2) is 82.2 Å². The van der Waals surface area contributed by atoms with Crippen molar-refractivity contribution in [1.82, 2.24) is 30.1 Å². The lowest BCUT2D eigenvalue weighted by Crippen LogP contribution is -2.32. The van der Waals surface area contributed by atoms with E-state index in [2.05, 4.69) is 50.5 Å². The van der Waals surface area contributed by atoms with E-state index in [1.807, 2.05) is 55.5 Å². The largest absolute Gasteiger partial charge is 0.467 e. The van der Waals surface area contributed by atoms with E-state index in [-0.39, 0.29) is 11.6 Å². The molecular weight excluding hydrogens is 440 g/mol. The summed E-state index contributed by atoms with van der Waals surface area (Å²) in [6.07, 6.45) is 2.42. The molecule has 0 fully saturated rings. The number of aromatic nitrogens is 5. The van der Waals surface area contributed by atoms with Crippen LogP contribution in [0.3, 0.4) is 0 Å². The van der Waals surface area contributed by atoms with E-state index >= 15 is 0 Å². The van der Waals surface area contributed by atoms with Crippen LogP contribution in [-0.4, -0.2) is 30.1 Å². The second kappa shape index (κ2) is 10.1. The van der Waals surface area contributed by atoms with E-state index in [4.69, 9.17) is 4.42 Å². The minimum atomic E-state index is -0.103. The Morgan fingerprint density at radius 2 is 1.91 bits per heavy atom. The zero-order chi connectivity index (χ0) is 24.2. The number of hydrogen-bond donors (Lipinski definition) is 1. The van der Waals surface area contributed by atoms with Crippen LogP contribution in [0.4, 0.5) is 0 Å². The molecule has 35 heavy (non-hydrogen) atoms. The molecule has 0 saturated carbocycles. The maximum atomic E-state index is 13.1. The second-order valence-electron chi connectivity index (χ2n) is 8.80. The van der Waals surface area contributed by atoms with Gasteiger partial charge in [0.05, 0.1) is 12.3 Å². The highest BCUT2D eigenvalue weighted by Gasteiger charge is 2.26. The molecule has 0 unspecified atom stereocenters. The van der Waals surface area contributed by atoms with Crippen LogP contribution < -0.4 is 5.56 Å². The Bertz CT molecular complexity index is 1460. The quantitative estimate of drug-likeness (QED) is 0.339. The van der Waals surface area contributed by atoms with Gasteiger partial charge >= 0.3 is 0 Å². The summed E-state index contributed by atoms with van der Waals surface area (Å²) in [6.45, 7) is 5.69. The molecule has 2 aromatic carbocycles. The number of tetrazole rings is 1. The van der Waals surface area contributed by atoms with E-state index in [9.17, 15) is 4.79 Å². The van der Waals surface area contributed by atoms with Gasteiger partial charge in [-0.3, -0.25) is 9.69 Å². The summed E-state index contributed by atoms with van der Waals surface area (Å²) in [6, 6.07) is 22.0. The van der Waals surface area contributed by atoms with Gasteiger partial charge in [-0.1, -0.05) is 49.4 Å². The standard InChI is InChI=1S/C27H28N6O2/c1-3-25(26-29-30-31-33(26)18-23-10-7-13-35-23)32(16-20-8-5-4-6-9-20)17-22-15-21-12-11-19(2)14-24(21)28-27(22)34/h4-15,25H,3,16-18H2,1-2H3,(H,28,34)/t25-/m1/s1. The fourth-order valence-corrected chi connectivity index (χ4v) is 4.51. The number of aromatic amines is 1. The molecule has 178 valence electrons. The lowest BCUT2D eigenvalue weighted by atomic mass is 10.1. The third-order valence-corrected chi connectivity index (χ3v) is 6.25. The molecule has 0 amide bonds. The number of nitrogens with one attached hydrogen (secondary N) is 1. The van der Waals surface area contributed by atoms with Crippen LogP contribution in [0.1, 0.15) is 47.7 Å². The first kappa shape index (κ1) is 22.7. The van der Waals surface area contributed by atoms with Crippen molar-refractivity contribution in [3.8, 4) is 0 Å². The minimum absolute atomic E-state index is 0.0776. The second-order valence-corrected chi connectivity index (χ2v) is 8.80. The average Bonchev–Trinajstić information content (AvgIpc) is 3.54. The summed E-state index contributed by atoms with van der Waals surface area (Å²) in [5, 5.41) is 13.6. The third kappa shape index (κ3) is 5.07. The predicted octanol–water partition coefficient (Wildman–Crippen LogP) is 4.62. The van der Waals surface area contributed by atoms with Crippen molar-refractivity contribution in [2.75, 3.05) is 0 Å². The molecule has 0 spiro atoms. The lowest BCUT2D eigenvalue weighted by molar-refractivity contribution is 0.161. The molecule has 8 nitrogen and oxygen atoms in total. The third-order valence-electron chi connectivity index (χ3n) is 6.25. The van der Waals surface area contributed by atoms with Crippen molar-refractivity contribution in [3.05, 3.63) is 112 Å². The number of pyridine rings is 1. The van der Waals surface area contributed by atoms with Crippen LogP contribution in [-0.2, 0) is 19.6 Å². The Labute approximate surface area is 203 Å². The molecule has 0 aliphatic heterocycles. The maximum absolute atomic E-state index is 13.1. The summed E-state index contributed by atoms with van der Waals surface area (Å²) in [5.41, 5.74) is 3.75. The summed E-state index contributed by atoms with van der Waals surface area (Å²) in [4.78, 5) is 18.4. The molecule has 0 aliphatic carbocycles. The Kier molecular flexibility index (Phi) is 6.54. The number of furan rings is 1. The van der Waals surface area contributed by atoms with Crippen molar-refractivity contribution in [2.45, 2.75) is 45.9 Å². The van der Waals surface area contributed by atoms with Crippen molar-refractivity contribution >= 4 is 10.9 Å². The minimum Gasteiger partial charge on any atom is -0.467 e. The molecule has 3 heterocycles. The highest BCUT2D eigenvalue weighted by atomic mass is 16.3. The smallest absolute Gasteiger partial charge is 0.252 e. The van der Waals surface area contributed by atoms with Crippen LogP contribution in [0, 0.1) is 6.92 Å². The number of H-pyrrole nitrogens is 1. The fourth-order valence-electron chi connectivity index (χ4n) is 4.51. The number of nitrogens with zero attached hydrogens (tertiary/aromatic N) is 5. The molecule has 8 heteroatoms. The molecule has 0 aliphatic rings. The normalized spacial score (nSPS) is 12.4. The van der Waals surface area contributed by atoms with Crippen molar-refractivity contribution in [3.63, 3.8) is 0 Å². The zero-order valence-electron chi connectivity index (χ0n) is 19.9. The molecule has 0 bridgehead atoms. The van der Waals surface area contributed by atoms with Gasteiger partial charge in [-0.15, -0.1) is 5.10 Å².